The number of ether oxygens (including phenoxy) is 1. The number of carbonyl (C=O) groups excluding carboxylic acids is 1. The van der Waals surface area contributed by atoms with Gasteiger partial charge in [-0.15, -0.1) is 0 Å². The molecule has 1 aliphatic heterocycles. The van der Waals surface area contributed by atoms with Crippen LogP contribution < -0.4 is 10.1 Å². The van der Waals surface area contributed by atoms with E-state index in [2.05, 4.69) is 5.32 Å². The third-order valence-corrected chi connectivity index (χ3v) is 3.76. The van der Waals surface area contributed by atoms with Gasteiger partial charge in [0, 0.05) is 17.7 Å². The molecule has 1 saturated heterocycles. The Kier molecular flexibility index (Phi) is 4.92. The standard InChI is InChI=1S/C13H12N2O4S2/c1-2-5-19-10-4-3-9(15(17)18)6-8(10)7-11-12(16)14-13(20)21-11/h3-4,6-7H,2,5H2,1H3,(H,14,16,20)/b11-7+. The van der Waals surface area contributed by atoms with Crippen LogP contribution in [0.15, 0.2) is 23.1 Å². The molecule has 21 heavy (non-hydrogen) atoms. The maximum atomic E-state index is 11.7. The van der Waals surface area contributed by atoms with Gasteiger partial charge in [-0.1, -0.05) is 30.9 Å². The summed E-state index contributed by atoms with van der Waals surface area (Å²) in [5.74, 6) is 0.194. The topological polar surface area (TPSA) is 81.5 Å². The van der Waals surface area contributed by atoms with Crippen molar-refractivity contribution in [1.82, 2.24) is 5.32 Å². The second kappa shape index (κ2) is 6.68. The number of carbonyl (C=O) groups is 1. The van der Waals surface area contributed by atoms with Crippen LogP contribution in [0.3, 0.4) is 0 Å². The van der Waals surface area contributed by atoms with Crippen molar-refractivity contribution < 1.29 is 14.5 Å². The summed E-state index contributed by atoms with van der Waals surface area (Å²) in [4.78, 5) is 22.4. The van der Waals surface area contributed by atoms with E-state index >= 15 is 0 Å². The molecule has 1 amide bonds. The van der Waals surface area contributed by atoms with Gasteiger partial charge in [0.05, 0.1) is 16.4 Å². The summed E-state index contributed by atoms with van der Waals surface area (Å²) in [6, 6.07) is 4.29. The molecule has 2 rings (SSSR count). The number of nitrogens with one attached hydrogen (secondary N) is 1. The normalized spacial score (nSPS) is 16.1. The van der Waals surface area contributed by atoms with Crippen molar-refractivity contribution in [1.29, 1.82) is 0 Å². The molecule has 0 atom stereocenters. The van der Waals surface area contributed by atoms with E-state index in [1.165, 1.54) is 18.2 Å². The second-order valence-corrected chi connectivity index (χ2v) is 5.90. The van der Waals surface area contributed by atoms with Crippen LogP contribution >= 0.6 is 24.0 Å². The van der Waals surface area contributed by atoms with E-state index in [0.717, 1.165) is 18.2 Å². The van der Waals surface area contributed by atoms with Gasteiger partial charge in [-0.25, -0.2) is 0 Å². The first-order valence-electron chi connectivity index (χ1n) is 6.17. The summed E-state index contributed by atoms with van der Waals surface area (Å²) in [6.07, 6.45) is 2.36. The van der Waals surface area contributed by atoms with Crippen molar-refractivity contribution >= 4 is 46.0 Å². The third kappa shape index (κ3) is 3.79. The van der Waals surface area contributed by atoms with Gasteiger partial charge in [0.25, 0.3) is 11.6 Å². The van der Waals surface area contributed by atoms with Gasteiger partial charge in [-0.2, -0.15) is 0 Å². The lowest BCUT2D eigenvalue weighted by Crippen LogP contribution is -2.17. The van der Waals surface area contributed by atoms with Crippen LogP contribution in [0.4, 0.5) is 5.69 Å². The molecular weight excluding hydrogens is 312 g/mol. The number of rotatable bonds is 5. The molecule has 0 radical (unpaired) electrons. The van der Waals surface area contributed by atoms with E-state index in [0.29, 0.717) is 27.1 Å². The van der Waals surface area contributed by atoms with Crippen LogP contribution in [0, 0.1) is 10.1 Å². The second-order valence-electron chi connectivity index (χ2n) is 4.18. The monoisotopic (exact) mass is 324 g/mol. The fraction of sp³-hybridized carbons (Fsp3) is 0.231. The van der Waals surface area contributed by atoms with Crippen LogP contribution in [-0.4, -0.2) is 21.8 Å². The molecule has 0 unspecified atom stereocenters. The number of amides is 1. The first-order chi connectivity index (χ1) is 10.0. The van der Waals surface area contributed by atoms with Gasteiger partial charge in [-0.05, 0) is 18.6 Å². The summed E-state index contributed by atoms with van der Waals surface area (Å²) in [6.45, 7) is 2.45. The Labute approximate surface area is 130 Å². The van der Waals surface area contributed by atoms with Gasteiger partial charge < -0.3 is 10.1 Å². The Morgan fingerprint density at radius 3 is 2.86 bits per heavy atom. The van der Waals surface area contributed by atoms with Crippen molar-refractivity contribution in [2.75, 3.05) is 6.61 Å². The van der Waals surface area contributed by atoms with Crippen molar-refractivity contribution in [3.63, 3.8) is 0 Å². The summed E-state index contributed by atoms with van der Waals surface area (Å²) in [7, 11) is 0. The minimum atomic E-state index is -0.488. The zero-order valence-electron chi connectivity index (χ0n) is 11.1. The molecule has 0 saturated carbocycles. The molecule has 1 aromatic carbocycles. The van der Waals surface area contributed by atoms with E-state index < -0.39 is 4.92 Å². The number of benzene rings is 1. The third-order valence-electron chi connectivity index (χ3n) is 2.59. The zero-order chi connectivity index (χ0) is 15.4. The highest BCUT2D eigenvalue weighted by molar-refractivity contribution is 8.26. The Morgan fingerprint density at radius 2 is 2.29 bits per heavy atom. The molecule has 6 nitrogen and oxygen atoms in total. The number of thiocarbonyl (C=S) groups is 1. The largest absolute Gasteiger partial charge is 0.493 e. The number of thioether (sulfide) groups is 1. The maximum absolute atomic E-state index is 11.7. The van der Waals surface area contributed by atoms with Crippen LogP contribution in [0.25, 0.3) is 6.08 Å². The molecular formula is C13H12N2O4S2. The van der Waals surface area contributed by atoms with Gasteiger partial charge in [0.15, 0.2) is 0 Å². The predicted molar refractivity (Wildman–Crippen MR) is 85.2 cm³/mol. The van der Waals surface area contributed by atoms with Crippen LogP contribution in [0.5, 0.6) is 5.75 Å². The molecule has 0 bridgehead atoms. The highest BCUT2D eigenvalue weighted by Crippen LogP contribution is 2.31. The van der Waals surface area contributed by atoms with Crippen molar-refractivity contribution in [3.8, 4) is 5.75 Å². The van der Waals surface area contributed by atoms with Gasteiger partial charge in [-0.3, -0.25) is 14.9 Å². The average Bonchev–Trinajstić information content (AvgIpc) is 2.75. The molecule has 1 aliphatic rings. The van der Waals surface area contributed by atoms with Gasteiger partial charge in [0.2, 0.25) is 0 Å². The number of non-ortho nitro benzene ring substituents is 1. The van der Waals surface area contributed by atoms with Crippen LogP contribution in [-0.2, 0) is 4.79 Å². The molecule has 1 fully saturated rings. The summed E-state index contributed by atoms with van der Waals surface area (Å²) in [5.41, 5.74) is 0.427. The van der Waals surface area contributed by atoms with E-state index in [1.807, 2.05) is 6.92 Å². The van der Waals surface area contributed by atoms with Crippen molar-refractivity contribution in [3.05, 3.63) is 38.8 Å². The summed E-state index contributed by atoms with van der Waals surface area (Å²) in [5, 5.41) is 13.4. The highest BCUT2D eigenvalue weighted by atomic mass is 32.2. The Balaban J connectivity index is 2.40. The molecule has 0 aliphatic carbocycles. The lowest BCUT2D eigenvalue weighted by molar-refractivity contribution is -0.384. The maximum Gasteiger partial charge on any atom is 0.270 e. The zero-order valence-corrected chi connectivity index (χ0v) is 12.8. The smallest absolute Gasteiger partial charge is 0.270 e. The molecule has 0 spiro atoms. The SMILES string of the molecule is CCCOc1ccc([N+](=O)[O-])cc1/C=C1/SC(=S)NC1=O. The Hall–Kier alpha value is -1.93. The number of nitro benzene ring substituents is 1. The first-order valence-corrected chi connectivity index (χ1v) is 7.40. The molecule has 8 heteroatoms. The molecule has 1 aromatic rings. The van der Waals surface area contributed by atoms with Crippen LogP contribution in [0.1, 0.15) is 18.9 Å². The molecule has 1 N–H and O–H groups in total. The molecule has 110 valence electrons. The fourth-order valence-corrected chi connectivity index (χ4v) is 2.70. The molecule has 1 heterocycles. The number of hydrogen-bond acceptors (Lipinski definition) is 6. The van der Waals surface area contributed by atoms with E-state index in [1.54, 1.807) is 6.08 Å². The Bertz CT molecular complexity index is 643. The summed E-state index contributed by atoms with van der Waals surface area (Å²) >= 11 is 6.03. The van der Waals surface area contributed by atoms with Gasteiger partial charge in [0.1, 0.15) is 10.1 Å². The Morgan fingerprint density at radius 1 is 1.52 bits per heavy atom. The number of nitrogens with zero attached hydrogens (tertiary/aromatic N) is 1. The van der Waals surface area contributed by atoms with Crippen molar-refractivity contribution in [2.24, 2.45) is 0 Å². The van der Waals surface area contributed by atoms with Crippen LogP contribution in [0.2, 0.25) is 0 Å². The number of nitro groups is 1. The highest BCUT2D eigenvalue weighted by Gasteiger charge is 2.23. The minimum Gasteiger partial charge on any atom is -0.493 e. The number of hydrogen-bond donors (Lipinski definition) is 1. The predicted octanol–water partition coefficient (Wildman–Crippen LogP) is 2.87. The average molecular weight is 324 g/mol. The minimum absolute atomic E-state index is 0.0586. The van der Waals surface area contributed by atoms with E-state index in [-0.39, 0.29) is 11.6 Å². The van der Waals surface area contributed by atoms with Crippen molar-refractivity contribution in [2.45, 2.75) is 13.3 Å². The lowest BCUT2D eigenvalue weighted by atomic mass is 10.1. The van der Waals surface area contributed by atoms with Gasteiger partial charge >= 0.3 is 0 Å². The first kappa shape index (κ1) is 15.5. The van der Waals surface area contributed by atoms with E-state index in [9.17, 15) is 14.9 Å². The quantitative estimate of drug-likeness (QED) is 0.388. The lowest BCUT2D eigenvalue weighted by Gasteiger charge is -2.08. The fourth-order valence-electron chi connectivity index (χ4n) is 1.67. The summed E-state index contributed by atoms with van der Waals surface area (Å²) < 4.78 is 5.92. The molecule has 0 aromatic heterocycles. The van der Waals surface area contributed by atoms with E-state index in [4.69, 9.17) is 17.0 Å².